The summed E-state index contributed by atoms with van der Waals surface area (Å²) < 4.78 is 2.11. The maximum absolute atomic E-state index is 13.3. The molecule has 1 atom stereocenters. The highest BCUT2D eigenvalue weighted by molar-refractivity contribution is 6.30. The largest absolute Gasteiger partial charge is 0.354 e. The van der Waals surface area contributed by atoms with Crippen LogP contribution in [0.15, 0.2) is 72.9 Å². The van der Waals surface area contributed by atoms with E-state index in [0.717, 1.165) is 41.0 Å². The molecule has 2 aromatic carbocycles. The molecule has 0 spiro atoms. The lowest BCUT2D eigenvalue weighted by molar-refractivity contribution is -0.124. The molecule has 0 saturated heterocycles. The molecule has 5 nitrogen and oxygen atoms in total. The first-order valence-electron chi connectivity index (χ1n) is 11.0. The molecule has 0 unspecified atom stereocenters. The second kappa shape index (κ2) is 10.4. The van der Waals surface area contributed by atoms with Crippen LogP contribution in [0.1, 0.15) is 42.9 Å². The van der Waals surface area contributed by atoms with Gasteiger partial charge in [-0.3, -0.25) is 9.78 Å². The van der Waals surface area contributed by atoms with Crippen molar-refractivity contribution in [2.75, 3.05) is 6.54 Å². The van der Waals surface area contributed by atoms with Crippen LogP contribution in [0.25, 0.3) is 11.0 Å². The van der Waals surface area contributed by atoms with Gasteiger partial charge < -0.3 is 9.88 Å². The number of nitrogens with one attached hydrogen (secondary N) is 1. The van der Waals surface area contributed by atoms with E-state index in [-0.39, 0.29) is 11.9 Å². The molecule has 0 fully saturated rings. The predicted octanol–water partition coefficient (Wildman–Crippen LogP) is 5.38. The Balaban J connectivity index is 1.62. The van der Waals surface area contributed by atoms with Gasteiger partial charge in [0, 0.05) is 36.3 Å². The molecular weight excluding hydrogens is 420 g/mol. The molecule has 164 valence electrons. The molecule has 6 heteroatoms. The molecule has 4 aromatic rings. The number of carbonyl (C=O) groups excluding carboxylic acids is 1. The summed E-state index contributed by atoms with van der Waals surface area (Å²) >= 11 is 6.20. The molecule has 1 amide bonds. The number of benzene rings is 2. The Morgan fingerprint density at radius 2 is 1.94 bits per heavy atom. The van der Waals surface area contributed by atoms with Gasteiger partial charge in [0.1, 0.15) is 11.9 Å². The van der Waals surface area contributed by atoms with Crippen molar-refractivity contribution in [2.45, 2.75) is 38.6 Å². The van der Waals surface area contributed by atoms with Crippen LogP contribution in [0.3, 0.4) is 0 Å². The first-order chi connectivity index (χ1) is 15.7. The summed E-state index contributed by atoms with van der Waals surface area (Å²) in [5, 5.41) is 3.82. The van der Waals surface area contributed by atoms with Crippen molar-refractivity contribution in [1.29, 1.82) is 0 Å². The van der Waals surface area contributed by atoms with Crippen LogP contribution in [-0.2, 0) is 17.6 Å². The minimum atomic E-state index is -0.328. The number of fused-ring (bicyclic) bond motifs is 1. The third-order valence-corrected chi connectivity index (χ3v) is 5.74. The fraction of sp³-hybridized carbons (Fsp3) is 0.269. The van der Waals surface area contributed by atoms with Crippen LogP contribution in [0, 0.1) is 0 Å². The highest BCUT2D eigenvalue weighted by Gasteiger charge is 2.25. The molecule has 2 heterocycles. The number of pyridine rings is 1. The van der Waals surface area contributed by atoms with Crippen LogP contribution >= 0.6 is 11.6 Å². The summed E-state index contributed by atoms with van der Waals surface area (Å²) in [7, 11) is 0. The van der Waals surface area contributed by atoms with Crippen molar-refractivity contribution in [1.82, 2.24) is 19.9 Å². The van der Waals surface area contributed by atoms with E-state index in [1.165, 1.54) is 0 Å². The van der Waals surface area contributed by atoms with Gasteiger partial charge >= 0.3 is 0 Å². The monoisotopic (exact) mass is 446 g/mol. The normalized spacial score (nSPS) is 12.1. The number of amides is 1. The SMILES string of the molecule is CCC[C@H](C(=O)NCCc1ccccn1)n1c(Cc2cccc(Cl)c2)nc2ccccc21. The van der Waals surface area contributed by atoms with E-state index >= 15 is 0 Å². The fourth-order valence-electron chi connectivity index (χ4n) is 4.02. The molecular formula is C26H27ClN4O. The Bertz CT molecular complexity index is 1190. The molecule has 0 saturated carbocycles. The summed E-state index contributed by atoms with van der Waals surface area (Å²) in [5.41, 5.74) is 3.91. The number of halogens is 1. The van der Waals surface area contributed by atoms with E-state index in [9.17, 15) is 4.79 Å². The van der Waals surface area contributed by atoms with Crippen molar-refractivity contribution >= 4 is 28.5 Å². The molecule has 2 aromatic heterocycles. The van der Waals surface area contributed by atoms with Gasteiger partial charge in [0.25, 0.3) is 0 Å². The standard InChI is InChI=1S/C26H27ClN4O/c1-2-8-24(26(32)29-16-14-21-11-5-6-15-28-21)31-23-13-4-3-12-22(23)30-25(31)18-19-9-7-10-20(27)17-19/h3-7,9-13,15,17,24H,2,8,14,16,18H2,1H3,(H,29,32)/t24-/m1/s1. The maximum Gasteiger partial charge on any atom is 0.243 e. The minimum absolute atomic E-state index is 0.0123. The Labute approximate surface area is 193 Å². The number of nitrogens with zero attached hydrogens (tertiary/aromatic N) is 3. The number of imidazole rings is 1. The summed E-state index contributed by atoms with van der Waals surface area (Å²) in [6.45, 7) is 2.65. The van der Waals surface area contributed by atoms with Crippen LogP contribution < -0.4 is 5.32 Å². The van der Waals surface area contributed by atoms with Crippen LogP contribution in [0.5, 0.6) is 0 Å². The van der Waals surface area contributed by atoms with Gasteiger partial charge in [-0.05, 0) is 48.4 Å². The maximum atomic E-state index is 13.3. The molecule has 4 rings (SSSR count). The Morgan fingerprint density at radius 3 is 2.72 bits per heavy atom. The molecule has 0 aliphatic heterocycles. The zero-order valence-corrected chi connectivity index (χ0v) is 18.9. The zero-order valence-electron chi connectivity index (χ0n) is 18.2. The smallest absolute Gasteiger partial charge is 0.243 e. The first-order valence-corrected chi connectivity index (χ1v) is 11.4. The van der Waals surface area contributed by atoms with Crippen molar-refractivity contribution in [3.63, 3.8) is 0 Å². The van der Waals surface area contributed by atoms with Crippen LogP contribution in [0.4, 0.5) is 0 Å². The molecule has 1 N–H and O–H groups in total. The molecule has 32 heavy (non-hydrogen) atoms. The highest BCUT2D eigenvalue weighted by Crippen LogP contribution is 2.27. The van der Waals surface area contributed by atoms with Gasteiger partial charge in [-0.2, -0.15) is 0 Å². The Hall–Kier alpha value is -3.18. The van der Waals surface area contributed by atoms with E-state index in [1.54, 1.807) is 6.20 Å². The first kappa shape index (κ1) is 22.0. The number of aromatic nitrogens is 3. The summed E-state index contributed by atoms with van der Waals surface area (Å²) in [6, 6.07) is 21.3. The average molecular weight is 447 g/mol. The molecule has 0 aliphatic carbocycles. The van der Waals surface area contributed by atoms with Gasteiger partial charge in [0.05, 0.1) is 11.0 Å². The Kier molecular flexibility index (Phi) is 7.17. The number of carbonyl (C=O) groups is 1. The third-order valence-electron chi connectivity index (χ3n) is 5.50. The van der Waals surface area contributed by atoms with E-state index in [4.69, 9.17) is 16.6 Å². The minimum Gasteiger partial charge on any atom is -0.354 e. The molecule has 0 aliphatic rings. The van der Waals surface area contributed by atoms with E-state index in [1.807, 2.05) is 66.7 Å². The van der Waals surface area contributed by atoms with Crippen molar-refractivity contribution in [3.8, 4) is 0 Å². The second-order valence-corrected chi connectivity index (χ2v) is 8.30. The van der Waals surface area contributed by atoms with Gasteiger partial charge in [0.2, 0.25) is 5.91 Å². The molecule has 0 radical (unpaired) electrons. The van der Waals surface area contributed by atoms with E-state index in [0.29, 0.717) is 24.4 Å². The number of hydrogen-bond donors (Lipinski definition) is 1. The summed E-state index contributed by atoms with van der Waals surface area (Å²) in [6.07, 6.45) is 4.71. The van der Waals surface area contributed by atoms with Gasteiger partial charge in [0.15, 0.2) is 0 Å². The van der Waals surface area contributed by atoms with E-state index < -0.39 is 0 Å². The number of hydrogen-bond acceptors (Lipinski definition) is 3. The van der Waals surface area contributed by atoms with Crippen molar-refractivity contribution in [3.05, 3.63) is 95.0 Å². The summed E-state index contributed by atoms with van der Waals surface area (Å²) in [4.78, 5) is 22.5. The van der Waals surface area contributed by atoms with E-state index in [2.05, 4.69) is 21.8 Å². The average Bonchev–Trinajstić information content (AvgIpc) is 3.15. The van der Waals surface area contributed by atoms with Gasteiger partial charge in [-0.1, -0.05) is 55.3 Å². The van der Waals surface area contributed by atoms with Crippen molar-refractivity contribution in [2.24, 2.45) is 0 Å². The quantitative estimate of drug-likeness (QED) is 0.375. The highest BCUT2D eigenvalue weighted by atomic mass is 35.5. The van der Waals surface area contributed by atoms with Crippen molar-refractivity contribution < 1.29 is 4.79 Å². The number of rotatable bonds is 9. The fourth-order valence-corrected chi connectivity index (χ4v) is 4.24. The number of para-hydroxylation sites is 2. The predicted molar refractivity (Wildman–Crippen MR) is 129 cm³/mol. The summed E-state index contributed by atoms with van der Waals surface area (Å²) in [5.74, 6) is 0.880. The van der Waals surface area contributed by atoms with Gasteiger partial charge in [-0.25, -0.2) is 4.98 Å². The van der Waals surface area contributed by atoms with Crippen LogP contribution in [0.2, 0.25) is 5.02 Å². The zero-order chi connectivity index (χ0) is 22.3. The topological polar surface area (TPSA) is 59.8 Å². The third kappa shape index (κ3) is 5.17. The van der Waals surface area contributed by atoms with Crippen LogP contribution in [-0.4, -0.2) is 27.0 Å². The van der Waals surface area contributed by atoms with Gasteiger partial charge in [-0.15, -0.1) is 0 Å². The lowest BCUT2D eigenvalue weighted by Gasteiger charge is -2.21. The second-order valence-electron chi connectivity index (χ2n) is 7.86. The lowest BCUT2D eigenvalue weighted by atomic mass is 10.1. The Morgan fingerprint density at radius 1 is 1.09 bits per heavy atom. The molecule has 0 bridgehead atoms. The lowest BCUT2D eigenvalue weighted by Crippen LogP contribution is -2.34.